The van der Waals surface area contributed by atoms with Crippen LogP contribution in [-0.4, -0.2) is 32.5 Å². The summed E-state index contributed by atoms with van der Waals surface area (Å²) >= 11 is 0. The number of rotatable bonds is 9. The zero-order valence-electron chi connectivity index (χ0n) is 19.4. The van der Waals surface area contributed by atoms with E-state index >= 15 is 0 Å². The molecule has 0 saturated carbocycles. The topological polar surface area (TPSA) is 95.6 Å². The molecule has 3 aromatic carbocycles. The third kappa shape index (κ3) is 6.02. The zero-order chi connectivity index (χ0) is 24.7. The van der Waals surface area contributed by atoms with Crippen molar-refractivity contribution in [3.8, 4) is 0 Å². The number of amides is 2. The summed E-state index contributed by atoms with van der Waals surface area (Å²) in [5.74, 6) is -0.864. The van der Waals surface area contributed by atoms with Crippen LogP contribution in [0.2, 0.25) is 0 Å². The van der Waals surface area contributed by atoms with Crippen LogP contribution in [0.5, 0.6) is 0 Å². The zero-order valence-corrected chi connectivity index (χ0v) is 20.2. The Morgan fingerprint density at radius 1 is 0.882 bits per heavy atom. The molecule has 7 nitrogen and oxygen atoms in total. The second-order valence-electron chi connectivity index (χ2n) is 7.96. The van der Waals surface area contributed by atoms with Gasteiger partial charge in [0.05, 0.1) is 29.2 Å². The highest BCUT2D eigenvalue weighted by atomic mass is 32.2. The highest BCUT2D eigenvalue weighted by Crippen LogP contribution is 2.24. The molecule has 0 spiro atoms. The van der Waals surface area contributed by atoms with Crippen molar-refractivity contribution in [3.63, 3.8) is 0 Å². The lowest BCUT2D eigenvalue weighted by Gasteiger charge is -2.30. The van der Waals surface area contributed by atoms with E-state index in [4.69, 9.17) is 0 Å². The first-order chi connectivity index (χ1) is 16.2. The fraction of sp³-hybridized carbons (Fsp3) is 0.231. The summed E-state index contributed by atoms with van der Waals surface area (Å²) in [7, 11) is -3.75. The van der Waals surface area contributed by atoms with E-state index < -0.39 is 22.0 Å². The quantitative estimate of drug-likeness (QED) is 0.477. The Balaban J connectivity index is 1.84. The summed E-state index contributed by atoms with van der Waals surface area (Å²) in [6.07, 6.45) is 1.31. The van der Waals surface area contributed by atoms with Gasteiger partial charge in [-0.15, -0.1) is 0 Å². The number of nitrogens with one attached hydrogen (secondary N) is 2. The smallest absolute Gasteiger partial charge is 0.253 e. The van der Waals surface area contributed by atoms with Crippen LogP contribution in [0.4, 0.5) is 11.4 Å². The van der Waals surface area contributed by atoms with Crippen LogP contribution in [0.15, 0.2) is 84.9 Å². The fourth-order valence-electron chi connectivity index (χ4n) is 3.74. The number of hydrogen-bond donors (Lipinski definition) is 2. The van der Waals surface area contributed by atoms with Gasteiger partial charge in [0.15, 0.2) is 0 Å². The van der Waals surface area contributed by atoms with Crippen molar-refractivity contribution < 1.29 is 18.0 Å². The van der Waals surface area contributed by atoms with Gasteiger partial charge < -0.3 is 10.6 Å². The molecule has 0 aromatic heterocycles. The van der Waals surface area contributed by atoms with Gasteiger partial charge in [0.1, 0.15) is 6.04 Å². The Hall–Kier alpha value is -3.65. The molecule has 2 N–H and O–H groups in total. The highest BCUT2D eigenvalue weighted by molar-refractivity contribution is 7.92. The molecular weight excluding hydrogens is 450 g/mol. The number of anilines is 2. The Kier molecular flexibility index (Phi) is 8.07. The molecule has 0 aliphatic heterocycles. The molecule has 0 fully saturated rings. The van der Waals surface area contributed by atoms with Gasteiger partial charge in [0.2, 0.25) is 15.9 Å². The number of benzene rings is 3. The summed E-state index contributed by atoms with van der Waals surface area (Å²) < 4.78 is 26.3. The van der Waals surface area contributed by atoms with Crippen LogP contribution in [0.1, 0.15) is 42.2 Å². The van der Waals surface area contributed by atoms with Crippen LogP contribution in [0, 0.1) is 0 Å². The predicted molar refractivity (Wildman–Crippen MR) is 135 cm³/mol. The maximum Gasteiger partial charge on any atom is 0.253 e. The minimum absolute atomic E-state index is 0.236. The van der Waals surface area contributed by atoms with Crippen LogP contribution >= 0.6 is 0 Å². The Morgan fingerprint density at radius 3 is 2.03 bits per heavy atom. The van der Waals surface area contributed by atoms with E-state index in [0.717, 1.165) is 16.1 Å². The van der Waals surface area contributed by atoms with Gasteiger partial charge in [-0.1, -0.05) is 67.6 Å². The molecule has 2 amide bonds. The molecule has 3 aromatic rings. The maximum atomic E-state index is 13.3. The van der Waals surface area contributed by atoms with Gasteiger partial charge in [0, 0.05) is 0 Å². The molecule has 8 heteroatoms. The number of carbonyl (C=O) groups is 2. The molecule has 0 aliphatic rings. The van der Waals surface area contributed by atoms with E-state index in [1.807, 2.05) is 37.3 Å². The van der Waals surface area contributed by atoms with Crippen LogP contribution in [0.3, 0.4) is 0 Å². The lowest BCUT2D eigenvalue weighted by Crippen LogP contribution is -2.47. The first-order valence-corrected chi connectivity index (χ1v) is 12.9. The van der Waals surface area contributed by atoms with E-state index in [1.165, 1.54) is 0 Å². The van der Waals surface area contributed by atoms with Crippen LogP contribution in [-0.2, 0) is 14.8 Å². The summed E-state index contributed by atoms with van der Waals surface area (Å²) in [5.41, 5.74) is 1.95. The molecule has 0 unspecified atom stereocenters. The van der Waals surface area contributed by atoms with Crippen molar-refractivity contribution in [2.75, 3.05) is 15.9 Å². The lowest BCUT2D eigenvalue weighted by atomic mass is 10.1. The monoisotopic (exact) mass is 479 g/mol. The van der Waals surface area contributed by atoms with Gasteiger partial charge in [-0.25, -0.2) is 8.42 Å². The SMILES string of the molecule is CC[C@@H](C(=O)Nc1ccccc1C(=O)N[C@@H](C)c1ccccc1)N(c1ccccc1)S(C)(=O)=O. The molecule has 0 aliphatic carbocycles. The first kappa shape index (κ1) is 25.0. The fourth-order valence-corrected chi connectivity index (χ4v) is 4.95. The van der Waals surface area contributed by atoms with Crippen molar-refractivity contribution in [3.05, 3.63) is 96.1 Å². The molecule has 2 atom stereocenters. The average Bonchev–Trinajstić information content (AvgIpc) is 2.82. The van der Waals surface area contributed by atoms with E-state index in [9.17, 15) is 18.0 Å². The van der Waals surface area contributed by atoms with E-state index in [1.54, 1.807) is 61.5 Å². The standard InChI is InChI=1S/C26H29N3O4S/c1-4-24(29(34(3,32)33)21-15-9-6-10-16-21)26(31)28-23-18-12-11-17-22(23)25(30)27-19(2)20-13-7-5-8-14-20/h5-19,24H,4H2,1-3H3,(H,27,30)(H,28,31)/t19-,24-/m0/s1. The molecule has 0 radical (unpaired) electrons. The van der Waals surface area contributed by atoms with E-state index in [0.29, 0.717) is 16.9 Å². The molecular formula is C26H29N3O4S. The summed E-state index contributed by atoms with van der Waals surface area (Å²) in [4.78, 5) is 26.3. The molecule has 0 heterocycles. The van der Waals surface area contributed by atoms with Crippen molar-refractivity contribution in [1.29, 1.82) is 0 Å². The van der Waals surface area contributed by atoms with Crippen molar-refractivity contribution in [1.82, 2.24) is 5.32 Å². The predicted octanol–water partition coefficient (Wildman–Crippen LogP) is 4.36. The largest absolute Gasteiger partial charge is 0.345 e. The Labute approximate surface area is 200 Å². The normalized spacial score (nSPS) is 12.9. The number of hydrogen-bond acceptors (Lipinski definition) is 4. The summed E-state index contributed by atoms with van der Waals surface area (Å²) in [6.45, 7) is 3.62. The van der Waals surface area contributed by atoms with E-state index in [-0.39, 0.29) is 18.4 Å². The molecule has 34 heavy (non-hydrogen) atoms. The molecule has 0 bridgehead atoms. The number of nitrogens with zero attached hydrogens (tertiary/aromatic N) is 1. The number of sulfonamides is 1. The number of para-hydroxylation sites is 2. The highest BCUT2D eigenvalue weighted by Gasteiger charge is 2.32. The van der Waals surface area contributed by atoms with Crippen molar-refractivity contribution in [2.45, 2.75) is 32.4 Å². The van der Waals surface area contributed by atoms with Gasteiger partial charge in [-0.3, -0.25) is 13.9 Å². The second kappa shape index (κ2) is 11.0. The third-order valence-electron chi connectivity index (χ3n) is 5.42. The van der Waals surface area contributed by atoms with Gasteiger partial charge in [-0.05, 0) is 43.2 Å². The summed E-state index contributed by atoms with van der Waals surface area (Å²) in [5, 5.41) is 5.72. The molecule has 0 saturated heterocycles. The average molecular weight is 480 g/mol. The van der Waals surface area contributed by atoms with Crippen molar-refractivity contribution in [2.24, 2.45) is 0 Å². The molecule has 178 valence electrons. The lowest BCUT2D eigenvalue weighted by molar-refractivity contribution is -0.117. The number of carbonyl (C=O) groups excluding carboxylic acids is 2. The van der Waals surface area contributed by atoms with Crippen LogP contribution < -0.4 is 14.9 Å². The van der Waals surface area contributed by atoms with Crippen molar-refractivity contribution >= 4 is 33.2 Å². The van der Waals surface area contributed by atoms with E-state index in [2.05, 4.69) is 10.6 Å². The first-order valence-electron chi connectivity index (χ1n) is 11.0. The van der Waals surface area contributed by atoms with Crippen LogP contribution in [0.25, 0.3) is 0 Å². The second-order valence-corrected chi connectivity index (χ2v) is 9.82. The Morgan fingerprint density at radius 2 is 1.44 bits per heavy atom. The van der Waals surface area contributed by atoms with Gasteiger partial charge in [-0.2, -0.15) is 0 Å². The minimum atomic E-state index is -3.75. The maximum absolute atomic E-state index is 13.3. The minimum Gasteiger partial charge on any atom is -0.345 e. The summed E-state index contributed by atoms with van der Waals surface area (Å²) in [6, 6.07) is 23.5. The van der Waals surface area contributed by atoms with Gasteiger partial charge in [0.25, 0.3) is 5.91 Å². The Bertz CT molecular complexity index is 1230. The molecule has 3 rings (SSSR count). The van der Waals surface area contributed by atoms with Gasteiger partial charge >= 0.3 is 0 Å². The third-order valence-corrected chi connectivity index (χ3v) is 6.60.